The van der Waals surface area contributed by atoms with Crippen LogP contribution < -0.4 is 21.2 Å². The van der Waals surface area contributed by atoms with Crippen molar-refractivity contribution in [3.05, 3.63) is 279 Å². The van der Waals surface area contributed by atoms with E-state index in [1.807, 2.05) is 24.3 Å². The second-order valence-corrected chi connectivity index (χ2v) is 22.2. The Morgan fingerprint density at radius 2 is 0.500 bits per heavy atom. The minimum Gasteiger partial charge on any atom is -0.366 e. The van der Waals surface area contributed by atoms with Gasteiger partial charge in [0.1, 0.15) is 12.3 Å². The summed E-state index contributed by atoms with van der Waals surface area (Å²) in [4.78, 5) is 0. The van der Waals surface area contributed by atoms with Crippen molar-refractivity contribution in [3.63, 3.8) is 0 Å². The third-order valence-electron chi connectivity index (χ3n) is 12.8. The van der Waals surface area contributed by atoms with Crippen LogP contribution in [0.25, 0.3) is 64.6 Å². The molecule has 12 aromatic rings. The van der Waals surface area contributed by atoms with Gasteiger partial charge in [0.25, 0.3) is 0 Å². The standard InChI is InChI=1S/C26H24P2.2C20H11.2Au/c1-5-13-23(14-6-1)27(24-15-7-2-8-16-24)21-22-28(25-17-9-3-10-18-25)26-19-11-4-12-20-26;2*1-2-14-8-5-9-17-12-18-10-15-6-3-4-7-16(15)11-19(18)13-20(14)17;;/h1-20H,21-22H2;2*3-13H;;/q;2*-1;2*+1/p+2. The number of hydrogen-bond donors (Lipinski definition) is 0. The van der Waals surface area contributed by atoms with Gasteiger partial charge < -0.3 is 12.8 Å². The Kier molecular flexibility index (Phi) is 17.2. The van der Waals surface area contributed by atoms with Gasteiger partial charge in [0.15, 0.2) is 0 Å². The second-order valence-electron chi connectivity index (χ2n) is 17.0. The van der Waals surface area contributed by atoms with Gasteiger partial charge in [-0.25, -0.2) is 0 Å². The predicted octanol–water partition coefficient (Wildman–Crippen LogP) is 14.9. The van der Waals surface area contributed by atoms with E-state index < -0.39 is 15.8 Å². The summed E-state index contributed by atoms with van der Waals surface area (Å²) in [6.07, 6.45) is 17.4. The molecule has 0 atom stereocenters. The molecule has 0 aliphatic carbocycles. The molecular formula is C66H48Au2P2+2. The van der Waals surface area contributed by atoms with Crippen molar-refractivity contribution in [1.29, 1.82) is 0 Å². The van der Waals surface area contributed by atoms with Crippen LogP contribution in [0.5, 0.6) is 0 Å². The predicted molar refractivity (Wildman–Crippen MR) is 301 cm³/mol. The van der Waals surface area contributed by atoms with E-state index in [0.717, 1.165) is 32.7 Å². The Labute approximate surface area is 445 Å². The van der Waals surface area contributed by atoms with Gasteiger partial charge in [-0.2, -0.15) is 0 Å². The average molecular weight is 1300 g/mol. The van der Waals surface area contributed by atoms with Crippen molar-refractivity contribution in [2.24, 2.45) is 0 Å². The number of fused-ring (bicyclic) bond motifs is 6. The van der Waals surface area contributed by atoms with Crippen LogP contribution >= 0.6 is 15.8 Å². The third-order valence-corrected chi connectivity index (χ3v) is 18.9. The molecule has 70 heavy (non-hydrogen) atoms. The fourth-order valence-corrected chi connectivity index (χ4v) is 15.6. The largest absolute Gasteiger partial charge is 1.00 e. The van der Waals surface area contributed by atoms with E-state index >= 15 is 0 Å². The first kappa shape index (κ1) is 50.1. The molecule has 0 saturated heterocycles. The normalized spacial score (nSPS) is 10.7. The van der Waals surface area contributed by atoms with Gasteiger partial charge >= 0.3 is 44.8 Å². The van der Waals surface area contributed by atoms with Gasteiger partial charge in [-0.3, -0.25) is 11.8 Å². The first-order chi connectivity index (χ1) is 33.6. The molecule has 0 radical (unpaired) electrons. The molecule has 0 N–H and O–H groups in total. The van der Waals surface area contributed by atoms with Crippen molar-refractivity contribution in [3.8, 4) is 11.8 Å². The van der Waals surface area contributed by atoms with Crippen LogP contribution in [0.2, 0.25) is 0 Å². The first-order valence-electron chi connectivity index (χ1n) is 23.1. The zero-order chi connectivity index (χ0) is 46.1. The van der Waals surface area contributed by atoms with Gasteiger partial charge in [0.2, 0.25) is 0 Å². The maximum atomic E-state index is 7.41. The molecule has 0 spiro atoms. The fourth-order valence-electron chi connectivity index (χ4n) is 9.37. The molecule has 0 aliphatic rings. The first-order valence-corrected chi connectivity index (χ1v) is 26.5. The smallest absolute Gasteiger partial charge is 0.366 e. The summed E-state index contributed by atoms with van der Waals surface area (Å²) in [5.74, 6) is 5.04. The Morgan fingerprint density at radius 1 is 0.257 bits per heavy atom. The molecule has 0 nitrogen and oxygen atoms in total. The van der Waals surface area contributed by atoms with E-state index in [1.54, 1.807) is 0 Å². The Balaban J connectivity index is 0.000000142. The molecule has 12 rings (SSSR count). The van der Waals surface area contributed by atoms with Crippen molar-refractivity contribution in [2.45, 2.75) is 0 Å². The molecule has 12 aromatic carbocycles. The molecule has 0 unspecified atom stereocenters. The molecule has 0 saturated carbocycles. The van der Waals surface area contributed by atoms with Crippen LogP contribution in [0, 0.1) is 24.7 Å². The van der Waals surface area contributed by atoms with Crippen LogP contribution in [0.1, 0.15) is 11.1 Å². The Bertz CT molecular complexity index is 3440. The van der Waals surface area contributed by atoms with Gasteiger partial charge in [-0.1, -0.05) is 168 Å². The quantitative estimate of drug-likeness (QED) is 0.0490. The summed E-state index contributed by atoms with van der Waals surface area (Å²) < 4.78 is 0. The van der Waals surface area contributed by atoms with Crippen molar-refractivity contribution in [2.75, 3.05) is 12.3 Å². The summed E-state index contributed by atoms with van der Waals surface area (Å²) in [7, 11) is -1.57. The summed E-state index contributed by atoms with van der Waals surface area (Å²) in [6, 6.07) is 90.9. The summed E-state index contributed by atoms with van der Waals surface area (Å²) in [5.41, 5.74) is 1.69. The molecule has 0 amide bonds. The van der Waals surface area contributed by atoms with E-state index in [2.05, 4.69) is 242 Å². The number of benzene rings is 12. The zero-order valence-electron chi connectivity index (χ0n) is 38.3. The Morgan fingerprint density at radius 3 is 0.786 bits per heavy atom. The minimum absolute atomic E-state index is 0. The van der Waals surface area contributed by atoms with Crippen LogP contribution in [0.4, 0.5) is 0 Å². The maximum absolute atomic E-state index is 7.41. The summed E-state index contributed by atoms with van der Waals surface area (Å²) >= 11 is 0. The molecule has 0 bridgehead atoms. The maximum Gasteiger partial charge on any atom is 1.00 e. The third kappa shape index (κ3) is 11.5. The topological polar surface area (TPSA) is 0 Å². The SMILES string of the molecule is [Au+].[Au+].[C-]#Cc1cccc2cc3cc4ccccc4cc3cc12.[C-]#Cc1cccc2cc3cc4ccccc4cc3cc12.c1ccc([PH+](CC[PH+](c2ccccc2)c2ccccc2)c2ccccc2)cc1. The molecule has 0 heterocycles. The monoisotopic (exact) mass is 1300 g/mol. The van der Waals surface area contributed by atoms with Crippen LogP contribution in [-0.4, -0.2) is 12.3 Å². The van der Waals surface area contributed by atoms with E-state index in [0.29, 0.717) is 0 Å². The molecular weight excluding hydrogens is 1250 g/mol. The minimum atomic E-state index is -0.783. The second kappa shape index (κ2) is 24.0. The van der Waals surface area contributed by atoms with Gasteiger partial charge in [0, 0.05) is 0 Å². The zero-order valence-corrected chi connectivity index (χ0v) is 44.6. The molecule has 4 heteroatoms. The summed E-state index contributed by atoms with van der Waals surface area (Å²) in [6.45, 7) is 0. The number of hydrogen-bond acceptors (Lipinski definition) is 0. The van der Waals surface area contributed by atoms with Crippen molar-refractivity contribution in [1.82, 2.24) is 0 Å². The van der Waals surface area contributed by atoms with Crippen molar-refractivity contribution >= 4 is 102 Å². The molecule has 0 aliphatic heterocycles. The van der Waals surface area contributed by atoms with Crippen LogP contribution in [-0.2, 0) is 44.8 Å². The number of rotatable bonds is 7. The van der Waals surface area contributed by atoms with E-state index in [4.69, 9.17) is 12.8 Å². The van der Waals surface area contributed by atoms with Gasteiger partial charge in [-0.15, -0.1) is 23.3 Å². The Hall–Kier alpha value is -6.34. The van der Waals surface area contributed by atoms with E-state index in [-0.39, 0.29) is 44.8 Å². The molecule has 0 aromatic heterocycles. The average Bonchev–Trinajstić information content (AvgIpc) is 3.40. The van der Waals surface area contributed by atoms with E-state index in [1.165, 1.54) is 76.6 Å². The van der Waals surface area contributed by atoms with E-state index in [9.17, 15) is 0 Å². The van der Waals surface area contributed by atoms with Gasteiger partial charge in [0.05, 0.1) is 37.1 Å². The molecule has 342 valence electrons. The molecule has 0 fully saturated rings. The van der Waals surface area contributed by atoms with Crippen molar-refractivity contribution < 1.29 is 44.8 Å². The van der Waals surface area contributed by atoms with Gasteiger partial charge in [-0.05, 0) is 139 Å². The van der Waals surface area contributed by atoms with Crippen LogP contribution in [0.3, 0.4) is 0 Å². The fraction of sp³-hybridized carbons (Fsp3) is 0.0303. The van der Waals surface area contributed by atoms with Crippen LogP contribution in [0.15, 0.2) is 255 Å². The summed E-state index contributed by atoms with van der Waals surface area (Å²) in [5, 5.41) is 20.4.